The molecule has 0 aromatic carbocycles. The Morgan fingerprint density at radius 1 is 1.38 bits per heavy atom. The van der Waals surface area contributed by atoms with E-state index in [0.29, 0.717) is 5.82 Å². The van der Waals surface area contributed by atoms with Crippen LogP contribution in [0.2, 0.25) is 0 Å². The molecule has 84 valence electrons. The Balaban J connectivity index is 1.97. The number of nitrogens with zero attached hydrogens (tertiary/aromatic N) is 6. The van der Waals surface area contributed by atoms with Crippen LogP contribution in [0.5, 0.6) is 0 Å². The Hall–Kier alpha value is -1.76. The van der Waals surface area contributed by atoms with Crippen LogP contribution in [-0.4, -0.2) is 48.9 Å². The molecule has 0 radical (unpaired) electrons. The second-order valence-corrected chi connectivity index (χ2v) is 4.07. The average molecular weight is 219 g/mol. The summed E-state index contributed by atoms with van der Waals surface area (Å²) in [5.41, 5.74) is 2.00. The van der Waals surface area contributed by atoms with Crippen molar-refractivity contribution in [3.05, 3.63) is 11.8 Å². The molecular formula is C9H13N7. The molecule has 0 fully saturated rings. The number of H-pyrrole nitrogens is 1. The molecule has 0 unspecified atom stereocenters. The van der Waals surface area contributed by atoms with Gasteiger partial charge in [0.2, 0.25) is 5.82 Å². The lowest BCUT2D eigenvalue weighted by molar-refractivity contribution is 0.332. The van der Waals surface area contributed by atoms with Gasteiger partial charge in [0.15, 0.2) is 0 Å². The summed E-state index contributed by atoms with van der Waals surface area (Å²) in [6.07, 6.45) is 1.12. The second-order valence-electron chi connectivity index (χ2n) is 4.07. The largest absolute Gasteiger partial charge is 0.300 e. The zero-order valence-corrected chi connectivity index (χ0v) is 9.09. The monoisotopic (exact) mass is 219 g/mol. The number of aryl methyl sites for hydroxylation is 1. The summed E-state index contributed by atoms with van der Waals surface area (Å²) in [5.74, 6) is 0.559. The van der Waals surface area contributed by atoms with Crippen molar-refractivity contribution in [2.75, 3.05) is 13.6 Å². The molecule has 0 aliphatic carbocycles. The van der Waals surface area contributed by atoms with Crippen LogP contribution in [0.4, 0.5) is 0 Å². The van der Waals surface area contributed by atoms with Crippen molar-refractivity contribution in [3.63, 3.8) is 0 Å². The Morgan fingerprint density at radius 2 is 2.31 bits per heavy atom. The van der Waals surface area contributed by atoms with Gasteiger partial charge in [0.1, 0.15) is 5.69 Å². The summed E-state index contributed by atoms with van der Waals surface area (Å²) in [5, 5.41) is 18.3. The van der Waals surface area contributed by atoms with Gasteiger partial charge < -0.3 is 4.90 Å². The quantitative estimate of drug-likeness (QED) is 0.724. The molecule has 2 aromatic heterocycles. The number of aromatic nitrogens is 6. The molecule has 0 saturated carbocycles. The summed E-state index contributed by atoms with van der Waals surface area (Å²) in [4.78, 5) is 2.29. The van der Waals surface area contributed by atoms with E-state index in [1.54, 1.807) is 0 Å². The Kier molecular flexibility index (Phi) is 2.17. The second kappa shape index (κ2) is 3.67. The first-order valence-electron chi connectivity index (χ1n) is 5.32. The van der Waals surface area contributed by atoms with E-state index in [0.717, 1.165) is 31.7 Å². The van der Waals surface area contributed by atoms with Crippen LogP contribution in [0.15, 0.2) is 6.07 Å². The maximum Gasteiger partial charge on any atom is 0.224 e. The normalized spacial score (nSPS) is 17.1. The van der Waals surface area contributed by atoms with Gasteiger partial charge in [-0.1, -0.05) is 0 Å². The van der Waals surface area contributed by atoms with E-state index in [1.807, 2.05) is 10.7 Å². The Morgan fingerprint density at radius 3 is 3.12 bits per heavy atom. The summed E-state index contributed by atoms with van der Waals surface area (Å²) >= 11 is 0. The molecule has 0 amide bonds. The van der Waals surface area contributed by atoms with Crippen molar-refractivity contribution in [1.82, 2.24) is 35.3 Å². The molecule has 1 aliphatic heterocycles. The van der Waals surface area contributed by atoms with Crippen molar-refractivity contribution >= 4 is 0 Å². The Labute approximate surface area is 92.4 Å². The highest BCUT2D eigenvalue weighted by Crippen LogP contribution is 2.17. The molecule has 0 saturated heterocycles. The fraction of sp³-hybridized carbons (Fsp3) is 0.556. The highest BCUT2D eigenvalue weighted by molar-refractivity contribution is 5.47. The molecular weight excluding hydrogens is 206 g/mol. The van der Waals surface area contributed by atoms with Crippen LogP contribution in [0.25, 0.3) is 11.5 Å². The number of hydrogen-bond acceptors (Lipinski definition) is 5. The number of nitrogens with one attached hydrogen (secondary N) is 1. The third kappa shape index (κ3) is 1.58. The lowest BCUT2D eigenvalue weighted by Crippen LogP contribution is -2.16. The summed E-state index contributed by atoms with van der Waals surface area (Å²) in [7, 11) is 2.12. The molecule has 3 heterocycles. The predicted molar refractivity (Wildman–Crippen MR) is 56.3 cm³/mol. The fourth-order valence-corrected chi connectivity index (χ4v) is 2.00. The maximum absolute atomic E-state index is 4.49. The highest BCUT2D eigenvalue weighted by Gasteiger charge is 2.16. The summed E-state index contributed by atoms with van der Waals surface area (Å²) in [6, 6.07) is 2.03. The van der Waals surface area contributed by atoms with Crippen molar-refractivity contribution in [2.45, 2.75) is 19.5 Å². The highest BCUT2D eigenvalue weighted by atomic mass is 15.5. The zero-order valence-electron chi connectivity index (χ0n) is 9.09. The average Bonchev–Trinajstić information content (AvgIpc) is 2.86. The number of tetrazole rings is 1. The van der Waals surface area contributed by atoms with Gasteiger partial charge in [-0.05, 0) is 24.7 Å². The molecule has 7 heteroatoms. The van der Waals surface area contributed by atoms with Gasteiger partial charge in [0.25, 0.3) is 0 Å². The molecule has 0 spiro atoms. The van der Waals surface area contributed by atoms with Crippen molar-refractivity contribution < 1.29 is 0 Å². The van der Waals surface area contributed by atoms with E-state index in [4.69, 9.17) is 0 Å². The van der Waals surface area contributed by atoms with Crippen molar-refractivity contribution in [2.24, 2.45) is 0 Å². The van der Waals surface area contributed by atoms with E-state index < -0.39 is 0 Å². The van der Waals surface area contributed by atoms with Crippen LogP contribution in [-0.2, 0) is 13.1 Å². The molecule has 0 bridgehead atoms. The van der Waals surface area contributed by atoms with Crippen LogP contribution in [0, 0.1) is 0 Å². The topological polar surface area (TPSA) is 75.5 Å². The summed E-state index contributed by atoms with van der Waals surface area (Å²) in [6.45, 7) is 2.99. The molecule has 3 rings (SSSR count). The van der Waals surface area contributed by atoms with Crippen LogP contribution in [0.3, 0.4) is 0 Å². The SMILES string of the molecule is CN1CCCn2nc(-c3nn[nH]n3)cc2C1. The van der Waals surface area contributed by atoms with Crippen molar-refractivity contribution in [1.29, 1.82) is 0 Å². The molecule has 1 aliphatic rings. The number of aromatic amines is 1. The molecule has 1 N–H and O–H groups in total. The van der Waals surface area contributed by atoms with E-state index in [1.165, 1.54) is 5.69 Å². The fourth-order valence-electron chi connectivity index (χ4n) is 2.00. The number of hydrogen-bond donors (Lipinski definition) is 1. The predicted octanol–water partition coefficient (Wildman–Crippen LogP) is -0.101. The lowest BCUT2D eigenvalue weighted by atomic mass is 10.3. The minimum absolute atomic E-state index is 0.559. The molecule has 0 atom stereocenters. The van der Waals surface area contributed by atoms with Gasteiger partial charge in [-0.15, -0.1) is 10.2 Å². The molecule has 2 aromatic rings. The maximum atomic E-state index is 4.49. The zero-order chi connectivity index (χ0) is 11.0. The van der Waals surface area contributed by atoms with E-state index >= 15 is 0 Å². The van der Waals surface area contributed by atoms with Crippen LogP contribution < -0.4 is 0 Å². The molecule has 7 nitrogen and oxygen atoms in total. The van der Waals surface area contributed by atoms with E-state index in [9.17, 15) is 0 Å². The van der Waals surface area contributed by atoms with Gasteiger partial charge in [-0.25, -0.2) is 0 Å². The summed E-state index contributed by atoms with van der Waals surface area (Å²) < 4.78 is 2.04. The smallest absolute Gasteiger partial charge is 0.224 e. The first kappa shape index (κ1) is 9.46. The first-order valence-corrected chi connectivity index (χ1v) is 5.32. The van der Waals surface area contributed by atoms with E-state index in [-0.39, 0.29) is 0 Å². The first-order chi connectivity index (χ1) is 7.83. The van der Waals surface area contributed by atoms with Gasteiger partial charge in [-0.2, -0.15) is 10.3 Å². The van der Waals surface area contributed by atoms with Gasteiger partial charge >= 0.3 is 0 Å². The third-order valence-electron chi connectivity index (χ3n) is 2.78. The minimum atomic E-state index is 0.559. The van der Waals surface area contributed by atoms with Crippen molar-refractivity contribution in [3.8, 4) is 11.5 Å². The number of fused-ring (bicyclic) bond motifs is 1. The van der Waals surface area contributed by atoms with E-state index in [2.05, 4.69) is 37.7 Å². The number of rotatable bonds is 1. The standard InChI is InChI=1S/C9H13N7/c1-15-3-2-4-16-7(6-15)5-8(12-16)9-10-13-14-11-9/h5H,2-4,6H2,1H3,(H,10,11,13,14). The van der Waals surface area contributed by atoms with Crippen LogP contribution in [0.1, 0.15) is 12.1 Å². The third-order valence-corrected chi connectivity index (χ3v) is 2.78. The lowest BCUT2D eigenvalue weighted by Gasteiger charge is -2.10. The van der Waals surface area contributed by atoms with Gasteiger partial charge in [0, 0.05) is 19.6 Å². The van der Waals surface area contributed by atoms with Gasteiger partial charge in [0.05, 0.1) is 5.69 Å². The van der Waals surface area contributed by atoms with Crippen LogP contribution >= 0.6 is 0 Å². The molecule has 16 heavy (non-hydrogen) atoms. The Bertz CT molecular complexity index is 472. The van der Waals surface area contributed by atoms with Gasteiger partial charge in [-0.3, -0.25) is 4.68 Å². The minimum Gasteiger partial charge on any atom is -0.300 e.